The molecule has 17 heavy (non-hydrogen) atoms. The number of aromatic nitrogens is 2. The van der Waals surface area contributed by atoms with E-state index >= 15 is 0 Å². The van der Waals surface area contributed by atoms with E-state index in [0.29, 0.717) is 0 Å². The van der Waals surface area contributed by atoms with Crippen LogP contribution >= 0.6 is 45.2 Å². The first-order valence-corrected chi connectivity index (χ1v) is 7.53. The van der Waals surface area contributed by atoms with E-state index in [1.165, 1.54) is 5.56 Å². The van der Waals surface area contributed by atoms with Crippen LogP contribution in [0.1, 0.15) is 24.9 Å². The van der Waals surface area contributed by atoms with Crippen LogP contribution in [-0.2, 0) is 0 Å². The van der Waals surface area contributed by atoms with Crippen molar-refractivity contribution in [1.29, 1.82) is 0 Å². The van der Waals surface area contributed by atoms with Crippen LogP contribution < -0.4 is 5.73 Å². The monoisotopic (exact) mass is 453 g/mol. The summed E-state index contributed by atoms with van der Waals surface area (Å²) in [6.07, 6.45) is 2.79. The molecular weight excluding hydrogens is 440 g/mol. The molecule has 0 aliphatic carbocycles. The van der Waals surface area contributed by atoms with Crippen molar-refractivity contribution in [3.8, 4) is 5.69 Å². The number of imidazole rings is 1. The van der Waals surface area contributed by atoms with Gasteiger partial charge in [-0.1, -0.05) is 19.1 Å². The number of nitrogens with two attached hydrogens (primary N) is 1. The lowest BCUT2D eigenvalue weighted by Gasteiger charge is -2.11. The van der Waals surface area contributed by atoms with Crippen LogP contribution in [0.15, 0.2) is 30.6 Å². The van der Waals surface area contributed by atoms with Crippen molar-refractivity contribution in [3.63, 3.8) is 0 Å². The molecule has 0 amide bonds. The van der Waals surface area contributed by atoms with Gasteiger partial charge < -0.3 is 5.73 Å². The standard InChI is InChI=1S/C12H13I2N3/c1-2-10(15)8-4-3-5-9(6-8)17-7-16-11(13)12(17)14/h3-7,10H,2,15H2,1H3. The topological polar surface area (TPSA) is 43.8 Å². The summed E-state index contributed by atoms with van der Waals surface area (Å²) in [5.74, 6) is 0. The summed E-state index contributed by atoms with van der Waals surface area (Å²) in [5.41, 5.74) is 8.34. The molecule has 2 N–H and O–H groups in total. The second-order valence-electron chi connectivity index (χ2n) is 3.81. The molecule has 1 heterocycles. The van der Waals surface area contributed by atoms with Crippen LogP contribution in [0.5, 0.6) is 0 Å². The molecule has 0 aliphatic heterocycles. The highest BCUT2D eigenvalue weighted by molar-refractivity contribution is 14.1. The van der Waals surface area contributed by atoms with Crippen molar-refractivity contribution in [2.75, 3.05) is 0 Å². The minimum atomic E-state index is 0.107. The zero-order chi connectivity index (χ0) is 12.4. The van der Waals surface area contributed by atoms with Gasteiger partial charge in [-0.15, -0.1) is 0 Å². The molecule has 3 nitrogen and oxygen atoms in total. The number of nitrogens with zero attached hydrogens (tertiary/aromatic N) is 2. The van der Waals surface area contributed by atoms with E-state index in [9.17, 15) is 0 Å². The fourth-order valence-electron chi connectivity index (χ4n) is 1.63. The number of hydrogen-bond donors (Lipinski definition) is 1. The first kappa shape index (κ1) is 13.3. The lowest BCUT2D eigenvalue weighted by molar-refractivity contribution is 0.698. The van der Waals surface area contributed by atoms with Gasteiger partial charge in [-0.05, 0) is 69.3 Å². The third-order valence-corrected chi connectivity index (χ3v) is 5.54. The SMILES string of the molecule is CCC(N)c1cccc(-n2cnc(I)c2I)c1. The predicted molar refractivity (Wildman–Crippen MR) is 86.2 cm³/mol. The molecule has 1 unspecified atom stereocenters. The maximum Gasteiger partial charge on any atom is 0.133 e. The average Bonchev–Trinajstić information content (AvgIpc) is 2.69. The molecule has 2 rings (SSSR count). The van der Waals surface area contributed by atoms with Gasteiger partial charge in [-0.25, -0.2) is 4.98 Å². The van der Waals surface area contributed by atoms with Gasteiger partial charge in [0.1, 0.15) is 13.7 Å². The van der Waals surface area contributed by atoms with Crippen LogP contribution in [0, 0.1) is 7.40 Å². The summed E-state index contributed by atoms with van der Waals surface area (Å²) >= 11 is 4.54. The lowest BCUT2D eigenvalue weighted by Crippen LogP contribution is -2.09. The lowest BCUT2D eigenvalue weighted by atomic mass is 10.1. The van der Waals surface area contributed by atoms with Crippen LogP contribution in [-0.4, -0.2) is 9.55 Å². The summed E-state index contributed by atoms with van der Waals surface area (Å²) in [7, 11) is 0. The van der Waals surface area contributed by atoms with Crippen molar-refractivity contribution in [1.82, 2.24) is 9.55 Å². The molecule has 1 aromatic carbocycles. The zero-order valence-corrected chi connectivity index (χ0v) is 13.7. The van der Waals surface area contributed by atoms with E-state index in [1.807, 2.05) is 12.4 Å². The Morgan fingerprint density at radius 3 is 2.76 bits per heavy atom. The smallest absolute Gasteiger partial charge is 0.133 e. The molecule has 0 aliphatic rings. The molecule has 2 aromatic rings. The Morgan fingerprint density at radius 1 is 1.41 bits per heavy atom. The van der Waals surface area contributed by atoms with Crippen LogP contribution in [0.3, 0.4) is 0 Å². The number of benzene rings is 1. The molecule has 1 atom stereocenters. The van der Waals surface area contributed by atoms with Crippen molar-refractivity contribution >= 4 is 45.2 Å². The molecule has 90 valence electrons. The first-order valence-electron chi connectivity index (χ1n) is 5.37. The van der Waals surface area contributed by atoms with E-state index < -0.39 is 0 Å². The molecule has 0 radical (unpaired) electrons. The minimum Gasteiger partial charge on any atom is -0.324 e. The van der Waals surface area contributed by atoms with Gasteiger partial charge in [0.15, 0.2) is 0 Å². The highest BCUT2D eigenvalue weighted by Crippen LogP contribution is 2.21. The van der Waals surface area contributed by atoms with E-state index in [2.05, 4.69) is 79.9 Å². The maximum absolute atomic E-state index is 6.06. The Hall–Kier alpha value is -0.150. The summed E-state index contributed by atoms with van der Waals surface area (Å²) < 4.78 is 4.23. The van der Waals surface area contributed by atoms with Crippen LogP contribution in [0.25, 0.3) is 5.69 Å². The Kier molecular flexibility index (Phi) is 4.42. The first-order chi connectivity index (χ1) is 8.13. The van der Waals surface area contributed by atoms with Gasteiger partial charge in [-0.2, -0.15) is 0 Å². The molecule has 0 bridgehead atoms. The second-order valence-corrected chi connectivity index (χ2v) is 5.85. The van der Waals surface area contributed by atoms with Gasteiger partial charge in [0.25, 0.3) is 0 Å². The van der Waals surface area contributed by atoms with Crippen LogP contribution in [0.2, 0.25) is 0 Å². The molecular formula is C12H13I2N3. The van der Waals surface area contributed by atoms with Crippen molar-refractivity contribution < 1.29 is 0 Å². The van der Waals surface area contributed by atoms with Gasteiger partial charge in [0, 0.05) is 11.7 Å². The fraction of sp³-hybridized carbons (Fsp3) is 0.250. The number of hydrogen-bond acceptors (Lipinski definition) is 2. The normalized spacial score (nSPS) is 12.7. The second kappa shape index (κ2) is 5.66. The van der Waals surface area contributed by atoms with Crippen molar-refractivity contribution in [2.24, 2.45) is 5.73 Å². The number of rotatable bonds is 3. The van der Waals surface area contributed by atoms with E-state index in [0.717, 1.165) is 19.5 Å². The summed E-state index contributed by atoms with van der Waals surface area (Å²) in [4.78, 5) is 4.30. The molecule has 0 saturated heterocycles. The number of halogens is 2. The Morgan fingerprint density at radius 2 is 2.18 bits per heavy atom. The third kappa shape index (κ3) is 2.82. The Balaban J connectivity index is 2.43. The Bertz CT molecular complexity index is 522. The van der Waals surface area contributed by atoms with Gasteiger partial charge in [0.05, 0.1) is 0 Å². The summed E-state index contributed by atoms with van der Waals surface area (Å²) in [6.45, 7) is 2.10. The third-order valence-electron chi connectivity index (χ3n) is 2.68. The van der Waals surface area contributed by atoms with Crippen molar-refractivity contribution in [2.45, 2.75) is 19.4 Å². The predicted octanol–water partition coefficient (Wildman–Crippen LogP) is 3.49. The summed E-state index contributed by atoms with van der Waals surface area (Å²) in [5, 5.41) is 0. The highest BCUT2D eigenvalue weighted by Gasteiger charge is 2.09. The van der Waals surface area contributed by atoms with E-state index in [-0.39, 0.29) is 6.04 Å². The van der Waals surface area contributed by atoms with E-state index in [1.54, 1.807) is 0 Å². The van der Waals surface area contributed by atoms with Gasteiger partial charge in [-0.3, -0.25) is 4.57 Å². The molecule has 1 aromatic heterocycles. The largest absolute Gasteiger partial charge is 0.324 e. The average molecular weight is 453 g/mol. The van der Waals surface area contributed by atoms with Crippen LogP contribution in [0.4, 0.5) is 0 Å². The highest BCUT2D eigenvalue weighted by atomic mass is 127. The van der Waals surface area contributed by atoms with Gasteiger partial charge in [0.2, 0.25) is 0 Å². The minimum absolute atomic E-state index is 0.107. The summed E-state index contributed by atoms with van der Waals surface area (Å²) in [6, 6.07) is 8.44. The Labute approximate surface area is 128 Å². The van der Waals surface area contributed by atoms with Crippen molar-refractivity contribution in [3.05, 3.63) is 43.6 Å². The molecule has 0 fully saturated rings. The molecule has 5 heteroatoms. The molecule has 0 spiro atoms. The molecule has 0 saturated carbocycles. The zero-order valence-electron chi connectivity index (χ0n) is 9.40. The van der Waals surface area contributed by atoms with E-state index in [4.69, 9.17) is 5.73 Å². The fourth-order valence-corrected chi connectivity index (χ4v) is 2.56. The maximum atomic E-state index is 6.06. The quantitative estimate of drug-likeness (QED) is 0.724. The van der Waals surface area contributed by atoms with Gasteiger partial charge >= 0.3 is 0 Å².